The topological polar surface area (TPSA) is 49.3 Å². The molecule has 0 atom stereocenters. The van der Waals surface area contributed by atoms with Crippen molar-refractivity contribution in [2.24, 2.45) is 0 Å². The van der Waals surface area contributed by atoms with Crippen LogP contribution in [0.5, 0.6) is 0 Å². The number of benzene rings is 2. The van der Waals surface area contributed by atoms with Crippen molar-refractivity contribution >= 4 is 40.7 Å². The zero-order valence-electron chi connectivity index (χ0n) is 10.5. The number of hydrogen-bond donors (Lipinski definition) is 2. The van der Waals surface area contributed by atoms with Gasteiger partial charge in [-0.2, -0.15) is 0 Å². The number of carboxylic acids is 1. The van der Waals surface area contributed by atoms with Crippen LogP contribution in [0.2, 0.25) is 5.02 Å². The Hall–Kier alpha value is -1.72. The normalized spacial score (nSPS) is 10.3. The van der Waals surface area contributed by atoms with Gasteiger partial charge in [-0.3, -0.25) is 0 Å². The molecule has 2 rings (SSSR count). The Labute approximate surface area is 124 Å². The van der Waals surface area contributed by atoms with Gasteiger partial charge in [-0.15, -0.1) is 11.8 Å². The Balaban J connectivity index is 2.42. The molecule has 6 heteroatoms. The van der Waals surface area contributed by atoms with Crippen LogP contribution in [-0.4, -0.2) is 17.3 Å². The summed E-state index contributed by atoms with van der Waals surface area (Å²) < 4.78 is 13.1. The number of nitrogens with one attached hydrogen (secondary N) is 1. The molecule has 0 fully saturated rings. The smallest absolute Gasteiger partial charge is 0.338 e. The van der Waals surface area contributed by atoms with Gasteiger partial charge in [0.25, 0.3) is 0 Å². The fraction of sp³-hybridized carbons (Fsp3) is 0.0714. The average Bonchev–Trinajstić information content (AvgIpc) is 2.42. The molecule has 104 valence electrons. The van der Waals surface area contributed by atoms with Gasteiger partial charge < -0.3 is 10.4 Å². The molecule has 0 unspecified atom stereocenters. The average molecular weight is 312 g/mol. The van der Waals surface area contributed by atoms with Gasteiger partial charge in [0.1, 0.15) is 5.82 Å². The van der Waals surface area contributed by atoms with Crippen molar-refractivity contribution in [2.75, 3.05) is 11.6 Å². The highest BCUT2D eigenvalue weighted by atomic mass is 35.5. The van der Waals surface area contributed by atoms with Gasteiger partial charge in [0.2, 0.25) is 0 Å². The van der Waals surface area contributed by atoms with Gasteiger partial charge >= 0.3 is 5.97 Å². The van der Waals surface area contributed by atoms with Crippen LogP contribution < -0.4 is 5.32 Å². The van der Waals surface area contributed by atoms with Gasteiger partial charge in [-0.05, 0) is 36.6 Å². The maximum Gasteiger partial charge on any atom is 0.338 e. The lowest BCUT2D eigenvalue weighted by atomic mass is 10.1. The summed E-state index contributed by atoms with van der Waals surface area (Å²) in [6, 6.07) is 9.28. The van der Waals surface area contributed by atoms with Gasteiger partial charge in [0, 0.05) is 10.6 Å². The SMILES string of the molecule is CSc1cccc(Nc2ccc(F)c(Cl)c2)c1C(=O)O. The third-order valence-corrected chi connectivity index (χ3v) is 3.73. The quantitative estimate of drug-likeness (QED) is 0.807. The predicted molar refractivity (Wildman–Crippen MR) is 79.9 cm³/mol. The molecule has 0 heterocycles. The number of carbonyl (C=O) groups is 1. The van der Waals surface area contributed by atoms with Crippen LogP contribution in [-0.2, 0) is 0 Å². The number of rotatable bonds is 4. The number of hydrogen-bond acceptors (Lipinski definition) is 3. The maximum absolute atomic E-state index is 13.1. The summed E-state index contributed by atoms with van der Waals surface area (Å²) in [4.78, 5) is 12.0. The van der Waals surface area contributed by atoms with Crippen molar-refractivity contribution in [1.29, 1.82) is 0 Å². The molecule has 0 aliphatic heterocycles. The molecule has 0 bridgehead atoms. The van der Waals surface area contributed by atoms with E-state index in [1.807, 2.05) is 0 Å². The number of thioether (sulfide) groups is 1. The molecule has 2 aromatic carbocycles. The highest BCUT2D eigenvalue weighted by Gasteiger charge is 2.15. The summed E-state index contributed by atoms with van der Waals surface area (Å²) in [5.74, 6) is -1.54. The second-order valence-corrected chi connectivity index (χ2v) is 5.20. The van der Waals surface area contributed by atoms with E-state index < -0.39 is 11.8 Å². The molecule has 0 saturated heterocycles. The molecule has 2 N–H and O–H groups in total. The third-order valence-electron chi connectivity index (χ3n) is 2.66. The molecule has 0 aliphatic rings. The number of aromatic carboxylic acids is 1. The van der Waals surface area contributed by atoms with E-state index in [1.54, 1.807) is 24.5 Å². The van der Waals surface area contributed by atoms with Gasteiger partial charge in [-0.25, -0.2) is 9.18 Å². The van der Waals surface area contributed by atoms with Crippen molar-refractivity contribution in [2.45, 2.75) is 4.90 Å². The highest BCUT2D eigenvalue weighted by Crippen LogP contribution is 2.30. The Morgan fingerprint density at radius 2 is 2.10 bits per heavy atom. The zero-order valence-corrected chi connectivity index (χ0v) is 12.1. The second kappa shape index (κ2) is 6.15. The molecule has 0 saturated carbocycles. The molecular weight excluding hydrogens is 301 g/mol. The lowest BCUT2D eigenvalue weighted by Gasteiger charge is -2.12. The van der Waals surface area contributed by atoms with Crippen LogP contribution in [0.25, 0.3) is 0 Å². The molecule has 0 aromatic heterocycles. The first kappa shape index (κ1) is 14.7. The van der Waals surface area contributed by atoms with Crippen LogP contribution in [0.3, 0.4) is 0 Å². The molecule has 0 spiro atoms. The predicted octanol–water partition coefficient (Wildman–Crippen LogP) is 4.64. The lowest BCUT2D eigenvalue weighted by molar-refractivity contribution is 0.0694. The van der Waals surface area contributed by atoms with E-state index >= 15 is 0 Å². The maximum atomic E-state index is 13.1. The standard InChI is InChI=1S/C14H11ClFNO2S/c1-20-12-4-2-3-11(13(12)14(18)19)17-8-5-6-10(16)9(15)7-8/h2-7,17H,1H3,(H,18,19). The van der Waals surface area contributed by atoms with Crippen molar-refractivity contribution in [3.05, 3.63) is 52.8 Å². The monoisotopic (exact) mass is 311 g/mol. The molecule has 3 nitrogen and oxygen atoms in total. The molecule has 0 radical (unpaired) electrons. The van der Waals surface area contributed by atoms with Crippen LogP contribution in [0.1, 0.15) is 10.4 Å². The number of halogens is 2. The van der Waals surface area contributed by atoms with Crippen LogP contribution in [0, 0.1) is 5.82 Å². The first-order valence-electron chi connectivity index (χ1n) is 5.65. The zero-order chi connectivity index (χ0) is 14.7. The van der Waals surface area contributed by atoms with Crippen LogP contribution in [0.15, 0.2) is 41.3 Å². The molecule has 20 heavy (non-hydrogen) atoms. The summed E-state index contributed by atoms with van der Waals surface area (Å²) in [5, 5.41) is 12.2. The van der Waals surface area contributed by atoms with E-state index in [0.29, 0.717) is 16.3 Å². The second-order valence-electron chi connectivity index (χ2n) is 3.94. The van der Waals surface area contributed by atoms with Gasteiger partial charge in [0.15, 0.2) is 0 Å². The Morgan fingerprint density at radius 3 is 2.70 bits per heavy atom. The van der Waals surface area contributed by atoms with Crippen LogP contribution >= 0.6 is 23.4 Å². The number of carboxylic acid groups (broad SMARTS) is 1. The first-order valence-corrected chi connectivity index (χ1v) is 7.25. The molecular formula is C14H11ClFNO2S. The van der Waals surface area contributed by atoms with E-state index in [0.717, 1.165) is 0 Å². The minimum atomic E-state index is -1.02. The Kier molecular flexibility index (Phi) is 4.52. The fourth-order valence-corrected chi connectivity index (χ4v) is 2.55. The molecule has 0 aliphatic carbocycles. The third kappa shape index (κ3) is 3.05. The van der Waals surface area contributed by atoms with Gasteiger partial charge in [-0.1, -0.05) is 17.7 Å². The van der Waals surface area contributed by atoms with Crippen molar-refractivity contribution in [3.8, 4) is 0 Å². The summed E-state index contributed by atoms with van der Waals surface area (Å²) >= 11 is 7.05. The summed E-state index contributed by atoms with van der Waals surface area (Å²) in [7, 11) is 0. The van der Waals surface area contributed by atoms with E-state index in [9.17, 15) is 14.3 Å². The number of anilines is 2. The summed E-state index contributed by atoms with van der Waals surface area (Å²) in [5.41, 5.74) is 1.14. The van der Waals surface area contributed by atoms with Crippen molar-refractivity contribution in [1.82, 2.24) is 0 Å². The van der Waals surface area contributed by atoms with Gasteiger partial charge in [0.05, 0.1) is 16.3 Å². The first-order chi connectivity index (χ1) is 9.52. The molecule has 2 aromatic rings. The summed E-state index contributed by atoms with van der Waals surface area (Å²) in [6.07, 6.45) is 1.81. The fourth-order valence-electron chi connectivity index (χ4n) is 1.76. The van der Waals surface area contributed by atoms with Crippen LogP contribution in [0.4, 0.5) is 15.8 Å². The largest absolute Gasteiger partial charge is 0.478 e. The van der Waals surface area contributed by atoms with E-state index in [1.165, 1.54) is 30.0 Å². The van der Waals surface area contributed by atoms with E-state index in [4.69, 9.17) is 11.6 Å². The molecule has 0 amide bonds. The Bertz CT molecular complexity index is 664. The Morgan fingerprint density at radius 1 is 1.35 bits per heavy atom. The van der Waals surface area contributed by atoms with Crippen molar-refractivity contribution in [3.63, 3.8) is 0 Å². The summed E-state index contributed by atoms with van der Waals surface area (Å²) in [6.45, 7) is 0. The van der Waals surface area contributed by atoms with E-state index in [2.05, 4.69) is 5.32 Å². The minimum absolute atomic E-state index is 0.0205. The minimum Gasteiger partial charge on any atom is -0.478 e. The van der Waals surface area contributed by atoms with Crippen molar-refractivity contribution < 1.29 is 14.3 Å². The highest BCUT2D eigenvalue weighted by molar-refractivity contribution is 7.98. The lowest BCUT2D eigenvalue weighted by Crippen LogP contribution is -2.04. The van der Waals surface area contributed by atoms with E-state index in [-0.39, 0.29) is 10.6 Å².